The molecule has 1 amide bonds. The Morgan fingerprint density at radius 2 is 2.00 bits per heavy atom. The van der Waals surface area contributed by atoms with Gasteiger partial charge >= 0.3 is 0 Å². The van der Waals surface area contributed by atoms with Crippen molar-refractivity contribution in [2.45, 2.75) is 25.2 Å². The molecule has 0 aromatic heterocycles. The highest BCUT2D eigenvalue weighted by atomic mass is 35.5. The predicted molar refractivity (Wildman–Crippen MR) is 82.7 cm³/mol. The highest BCUT2D eigenvalue weighted by molar-refractivity contribution is 6.30. The standard InChI is InChI=1S/C16H22ClNO3/c1-2-20-12-9-18-15(19)16(7-10-21-11-8-16)13-3-5-14(17)6-4-13/h3-6H,2,7-12H2,1H3,(H,18,19). The van der Waals surface area contributed by atoms with Crippen LogP contribution in [0, 0.1) is 0 Å². The van der Waals surface area contributed by atoms with E-state index in [-0.39, 0.29) is 5.91 Å². The smallest absolute Gasteiger partial charge is 0.230 e. The first-order valence-corrected chi connectivity index (χ1v) is 7.76. The second-order valence-electron chi connectivity index (χ2n) is 5.15. The topological polar surface area (TPSA) is 47.6 Å². The molecule has 0 saturated carbocycles. The molecule has 1 aliphatic rings. The Balaban J connectivity index is 2.12. The summed E-state index contributed by atoms with van der Waals surface area (Å²) in [5.74, 6) is 0.0489. The monoisotopic (exact) mass is 311 g/mol. The third-order valence-corrected chi connectivity index (χ3v) is 4.17. The Hall–Kier alpha value is -1.10. The van der Waals surface area contributed by atoms with Crippen LogP contribution < -0.4 is 5.32 Å². The van der Waals surface area contributed by atoms with Crippen molar-refractivity contribution in [2.75, 3.05) is 33.0 Å². The molecule has 1 fully saturated rings. The van der Waals surface area contributed by atoms with Crippen LogP contribution >= 0.6 is 11.6 Å². The molecule has 0 spiro atoms. The number of carbonyl (C=O) groups is 1. The van der Waals surface area contributed by atoms with E-state index >= 15 is 0 Å². The van der Waals surface area contributed by atoms with E-state index in [1.54, 1.807) is 0 Å². The Kier molecular flexibility index (Phi) is 6.03. The molecular formula is C16H22ClNO3. The van der Waals surface area contributed by atoms with Gasteiger partial charge in [-0.1, -0.05) is 23.7 Å². The van der Waals surface area contributed by atoms with Crippen LogP contribution in [0.1, 0.15) is 25.3 Å². The molecule has 1 aliphatic heterocycles. The van der Waals surface area contributed by atoms with Crippen LogP contribution in [0.2, 0.25) is 5.02 Å². The van der Waals surface area contributed by atoms with Gasteiger partial charge in [-0.25, -0.2) is 0 Å². The van der Waals surface area contributed by atoms with Crippen LogP contribution in [0.4, 0.5) is 0 Å². The largest absolute Gasteiger partial charge is 0.381 e. The SMILES string of the molecule is CCOCCNC(=O)C1(c2ccc(Cl)cc2)CCOCC1. The van der Waals surface area contributed by atoms with Gasteiger partial charge < -0.3 is 14.8 Å². The minimum atomic E-state index is -0.519. The lowest BCUT2D eigenvalue weighted by Crippen LogP contribution is -2.48. The molecule has 0 bridgehead atoms. The number of halogens is 1. The summed E-state index contributed by atoms with van der Waals surface area (Å²) in [6, 6.07) is 7.55. The zero-order valence-corrected chi connectivity index (χ0v) is 13.1. The van der Waals surface area contributed by atoms with E-state index < -0.39 is 5.41 Å². The summed E-state index contributed by atoms with van der Waals surface area (Å²) in [5.41, 5.74) is 0.485. The van der Waals surface area contributed by atoms with Crippen molar-refractivity contribution in [1.29, 1.82) is 0 Å². The van der Waals surface area contributed by atoms with E-state index in [1.807, 2.05) is 31.2 Å². The van der Waals surface area contributed by atoms with Gasteiger partial charge in [0.25, 0.3) is 0 Å². The van der Waals surface area contributed by atoms with Gasteiger partial charge in [0.15, 0.2) is 0 Å². The zero-order valence-electron chi connectivity index (χ0n) is 12.4. The Labute approximate surface area is 130 Å². The summed E-state index contributed by atoms with van der Waals surface area (Å²) in [5, 5.41) is 3.67. The van der Waals surface area contributed by atoms with E-state index in [1.165, 1.54) is 0 Å². The van der Waals surface area contributed by atoms with Crippen LogP contribution in [-0.4, -0.2) is 38.9 Å². The second kappa shape index (κ2) is 7.78. The molecule has 0 radical (unpaired) electrons. The summed E-state index contributed by atoms with van der Waals surface area (Å²) in [4.78, 5) is 12.7. The van der Waals surface area contributed by atoms with Crippen LogP contribution in [0.5, 0.6) is 0 Å². The molecule has 0 aliphatic carbocycles. The normalized spacial score (nSPS) is 17.4. The van der Waals surface area contributed by atoms with Gasteiger partial charge in [-0.2, -0.15) is 0 Å². The van der Waals surface area contributed by atoms with E-state index in [4.69, 9.17) is 21.1 Å². The van der Waals surface area contributed by atoms with Crippen LogP contribution in [-0.2, 0) is 19.7 Å². The van der Waals surface area contributed by atoms with Gasteiger partial charge in [-0.3, -0.25) is 4.79 Å². The first-order chi connectivity index (χ1) is 10.2. The molecule has 1 aromatic carbocycles. The maximum absolute atomic E-state index is 12.7. The lowest BCUT2D eigenvalue weighted by Gasteiger charge is -2.36. The minimum absolute atomic E-state index is 0.0489. The van der Waals surface area contributed by atoms with Gasteiger partial charge in [-0.05, 0) is 37.5 Å². The third-order valence-electron chi connectivity index (χ3n) is 3.91. The quantitative estimate of drug-likeness (QED) is 0.821. The maximum Gasteiger partial charge on any atom is 0.230 e. The number of hydrogen-bond acceptors (Lipinski definition) is 3. The van der Waals surface area contributed by atoms with Crippen molar-refractivity contribution in [3.8, 4) is 0 Å². The number of carbonyl (C=O) groups excluding carboxylic acids is 1. The Morgan fingerprint density at radius 3 is 2.62 bits per heavy atom. The molecule has 21 heavy (non-hydrogen) atoms. The van der Waals surface area contributed by atoms with Gasteiger partial charge in [0, 0.05) is 31.4 Å². The molecule has 1 heterocycles. The third kappa shape index (κ3) is 3.96. The minimum Gasteiger partial charge on any atom is -0.381 e. The Morgan fingerprint density at radius 1 is 1.33 bits per heavy atom. The fraction of sp³-hybridized carbons (Fsp3) is 0.562. The molecule has 2 rings (SSSR count). The highest BCUT2D eigenvalue weighted by Crippen LogP contribution is 2.35. The van der Waals surface area contributed by atoms with Gasteiger partial charge in [-0.15, -0.1) is 0 Å². The van der Waals surface area contributed by atoms with Crippen LogP contribution in [0.25, 0.3) is 0 Å². The van der Waals surface area contributed by atoms with Crippen molar-refractivity contribution in [2.24, 2.45) is 0 Å². The number of rotatable bonds is 6. The average molecular weight is 312 g/mol. The average Bonchev–Trinajstić information content (AvgIpc) is 2.52. The molecule has 1 aromatic rings. The Bertz CT molecular complexity index is 455. The van der Waals surface area contributed by atoms with Crippen molar-refractivity contribution in [3.63, 3.8) is 0 Å². The van der Waals surface area contributed by atoms with Gasteiger partial charge in [0.2, 0.25) is 5.91 Å². The maximum atomic E-state index is 12.7. The van der Waals surface area contributed by atoms with Crippen molar-refractivity contribution < 1.29 is 14.3 Å². The van der Waals surface area contributed by atoms with Gasteiger partial charge in [0.1, 0.15) is 0 Å². The summed E-state index contributed by atoms with van der Waals surface area (Å²) in [6.45, 7) is 4.86. The molecule has 1 saturated heterocycles. The highest BCUT2D eigenvalue weighted by Gasteiger charge is 2.41. The number of benzene rings is 1. The lowest BCUT2D eigenvalue weighted by atomic mass is 9.73. The summed E-state index contributed by atoms with van der Waals surface area (Å²) >= 11 is 5.95. The summed E-state index contributed by atoms with van der Waals surface area (Å²) in [6.07, 6.45) is 1.38. The van der Waals surface area contributed by atoms with Gasteiger partial charge in [0.05, 0.1) is 12.0 Å². The van der Waals surface area contributed by atoms with E-state index in [0.29, 0.717) is 50.8 Å². The first kappa shape index (κ1) is 16.3. The first-order valence-electron chi connectivity index (χ1n) is 7.39. The second-order valence-corrected chi connectivity index (χ2v) is 5.59. The fourth-order valence-electron chi connectivity index (χ4n) is 2.69. The van der Waals surface area contributed by atoms with E-state index in [2.05, 4.69) is 5.32 Å². The van der Waals surface area contributed by atoms with E-state index in [9.17, 15) is 4.79 Å². The number of nitrogens with one attached hydrogen (secondary N) is 1. The molecule has 0 unspecified atom stereocenters. The lowest BCUT2D eigenvalue weighted by molar-refractivity contribution is -0.130. The fourth-order valence-corrected chi connectivity index (χ4v) is 2.81. The van der Waals surface area contributed by atoms with Crippen molar-refractivity contribution in [3.05, 3.63) is 34.9 Å². The van der Waals surface area contributed by atoms with Crippen LogP contribution in [0.15, 0.2) is 24.3 Å². The molecule has 4 nitrogen and oxygen atoms in total. The molecule has 0 atom stereocenters. The summed E-state index contributed by atoms with van der Waals surface area (Å²) in [7, 11) is 0. The number of ether oxygens (including phenoxy) is 2. The molecule has 116 valence electrons. The molecule has 5 heteroatoms. The number of hydrogen-bond donors (Lipinski definition) is 1. The zero-order chi connectivity index (χ0) is 15.1. The van der Waals surface area contributed by atoms with Crippen molar-refractivity contribution in [1.82, 2.24) is 5.32 Å². The van der Waals surface area contributed by atoms with Crippen molar-refractivity contribution >= 4 is 17.5 Å². The van der Waals surface area contributed by atoms with Crippen LogP contribution in [0.3, 0.4) is 0 Å². The predicted octanol–water partition coefficient (Wildman–Crippen LogP) is 2.54. The molecular weight excluding hydrogens is 290 g/mol. The van der Waals surface area contributed by atoms with E-state index in [0.717, 1.165) is 5.56 Å². The molecule has 1 N–H and O–H groups in total. The number of amides is 1. The summed E-state index contributed by atoms with van der Waals surface area (Å²) < 4.78 is 10.7.